The first kappa shape index (κ1) is 17.1. The number of nitrogens with zero attached hydrogens (tertiary/aromatic N) is 2. The summed E-state index contributed by atoms with van der Waals surface area (Å²) >= 11 is 0. The van der Waals surface area contributed by atoms with Gasteiger partial charge < -0.3 is 4.74 Å². The number of nitrogens with one attached hydrogen (secondary N) is 1. The Labute approximate surface area is 124 Å². The fraction of sp³-hybridized carbons (Fsp3) is 0.385. The first-order valence-corrected chi connectivity index (χ1v) is 7.73. The quantitative estimate of drug-likeness (QED) is 0.657. The standard InChI is InChI=1S/C13H19N3O4S/c1-5-20-13(17)15-14-10(2)11-6-8-12(9-7-11)21(18,19)16(3)4/h6-9H,5H2,1-4H3,(H,15,17)/b14-10-. The molecular weight excluding hydrogens is 294 g/mol. The molecule has 0 fully saturated rings. The van der Waals surface area contributed by atoms with Gasteiger partial charge in [0.1, 0.15) is 0 Å². The van der Waals surface area contributed by atoms with Crippen LogP contribution in [-0.2, 0) is 14.8 Å². The van der Waals surface area contributed by atoms with E-state index in [9.17, 15) is 13.2 Å². The molecule has 0 aliphatic carbocycles. The number of hydrazone groups is 1. The molecule has 0 saturated carbocycles. The van der Waals surface area contributed by atoms with Crippen LogP contribution in [0.15, 0.2) is 34.3 Å². The first-order valence-electron chi connectivity index (χ1n) is 6.29. The molecule has 1 aromatic carbocycles. The van der Waals surface area contributed by atoms with E-state index in [4.69, 9.17) is 0 Å². The molecule has 0 aliphatic rings. The van der Waals surface area contributed by atoms with Crippen molar-refractivity contribution in [2.24, 2.45) is 5.10 Å². The van der Waals surface area contributed by atoms with E-state index in [1.807, 2.05) is 0 Å². The van der Waals surface area contributed by atoms with E-state index in [0.717, 1.165) is 4.31 Å². The van der Waals surface area contributed by atoms with Crippen molar-refractivity contribution in [2.75, 3.05) is 20.7 Å². The molecule has 1 N–H and O–H groups in total. The second-order valence-electron chi connectivity index (χ2n) is 4.34. The normalized spacial score (nSPS) is 12.3. The maximum Gasteiger partial charge on any atom is 0.427 e. The lowest BCUT2D eigenvalue weighted by Crippen LogP contribution is -2.22. The van der Waals surface area contributed by atoms with Crippen LogP contribution in [0.5, 0.6) is 0 Å². The van der Waals surface area contributed by atoms with E-state index in [-0.39, 0.29) is 11.5 Å². The Kier molecular flexibility index (Phi) is 5.86. The van der Waals surface area contributed by atoms with Gasteiger partial charge in [0.15, 0.2) is 0 Å². The number of sulfonamides is 1. The molecule has 0 heterocycles. The Bertz CT molecular complexity index is 621. The lowest BCUT2D eigenvalue weighted by molar-refractivity contribution is 0.152. The molecular formula is C13H19N3O4S. The van der Waals surface area contributed by atoms with Gasteiger partial charge in [-0.15, -0.1) is 0 Å². The second-order valence-corrected chi connectivity index (χ2v) is 6.49. The lowest BCUT2D eigenvalue weighted by Gasteiger charge is -2.11. The molecule has 116 valence electrons. The topological polar surface area (TPSA) is 88.1 Å². The van der Waals surface area contributed by atoms with Gasteiger partial charge in [-0.25, -0.2) is 22.9 Å². The summed E-state index contributed by atoms with van der Waals surface area (Å²) in [6.07, 6.45) is -0.636. The van der Waals surface area contributed by atoms with E-state index < -0.39 is 16.1 Å². The van der Waals surface area contributed by atoms with Crippen LogP contribution in [0.3, 0.4) is 0 Å². The average Bonchev–Trinajstić information content (AvgIpc) is 2.45. The smallest absolute Gasteiger partial charge is 0.427 e. The summed E-state index contributed by atoms with van der Waals surface area (Å²) in [5, 5.41) is 3.87. The van der Waals surface area contributed by atoms with Gasteiger partial charge in [-0.1, -0.05) is 12.1 Å². The van der Waals surface area contributed by atoms with Gasteiger partial charge in [-0.2, -0.15) is 5.10 Å². The maximum atomic E-state index is 11.9. The highest BCUT2D eigenvalue weighted by molar-refractivity contribution is 7.89. The number of carbonyl (C=O) groups excluding carboxylic acids is 1. The molecule has 0 saturated heterocycles. The molecule has 0 aliphatic heterocycles. The minimum atomic E-state index is -3.45. The van der Waals surface area contributed by atoms with Gasteiger partial charge in [0.25, 0.3) is 0 Å². The van der Waals surface area contributed by atoms with Crippen LogP contribution in [-0.4, -0.2) is 45.2 Å². The predicted octanol–water partition coefficient (Wildman–Crippen LogP) is 1.41. The molecule has 7 nitrogen and oxygen atoms in total. The Balaban J connectivity index is 2.88. The molecule has 0 spiro atoms. The van der Waals surface area contributed by atoms with Crippen molar-refractivity contribution in [3.05, 3.63) is 29.8 Å². The van der Waals surface area contributed by atoms with Crippen molar-refractivity contribution in [1.29, 1.82) is 0 Å². The summed E-state index contributed by atoms with van der Waals surface area (Å²) in [5.41, 5.74) is 3.48. The highest BCUT2D eigenvalue weighted by atomic mass is 32.2. The summed E-state index contributed by atoms with van der Waals surface area (Å²) < 4.78 is 29.7. The van der Waals surface area contributed by atoms with E-state index in [1.165, 1.54) is 26.2 Å². The zero-order valence-corrected chi connectivity index (χ0v) is 13.3. The minimum Gasteiger partial charge on any atom is -0.449 e. The number of ether oxygens (including phenoxy) is 1. The third kappa shape index (κ3) is 4.54. The van der Waals surface area contributed by atoms with Gasteiger partial charge in [0.2, 0.25) is 10.0 Å². The Morgan fingerprint density at radius 2 is 1.86 bits per heavy atom. The molecule has 0 unspecified atom stereocenters. The van der Waals surface area contributed by atoms with E-state index in [1.54, 1.807) is 26.0 Å². The molecule has 0 bridgehead atoms. The highest BCUT2D eigenvalue weighted by Crippen LogP contribution is 2.14. The SMILES string of the molecule is CCOC(=O)N/N=C(/C)c1ccc(S(=O)(=O)N(C)C)cc1. The number of amides is 1. The van der Waals surface area contributed by atoms with Crippen molar-refractivity contribution < 1.29 is 17.9 Å². The Morgan fingerprint density at radius 3 is 2.33 bits per heavy atom. The zero-order chi connectivity index (χ0) is 16.0. The fourth-order valence-electron chi connectivity index (χ4n) is 1.44. The van der Waals surface area contributed by atoms with Gasteiger partial charge in [0, 0.05) is 14.1 Å². The van der Waals surface area contributed by atoms with E-state index in [2.05, 4.69) is 15.3 Å². The summed E-state index contributed by atoms with van der Waals surface area (Å²) in [6.45, 7) is 3.65. The van der Waals surface area contributed by atoms with E-state index >= 15 is 0 Å². The van der Waals surface area contributed by atoms with Crippen LogP contribution < -0.4 is 5.43 Å². The summed E-state index contributed by atoms with van der Waals surface area (Å²) in [6, 6.07) is 6.24. The van der Waals surface area contributed by atoms with Crippen LogP contribution in [0.4, 0.5) is 4.79 Å². The summed E-state index contributed by atoms with van der Waals surface area (Å²) in [4.78, 5) is 11.3. The third-order valence-electron chi connectivity index (χ3n) is 2.64. The number of carbonyl (C=O) groups is 1. The van der Waals surface area contributed by atoms with Gasteiger partial charge in [-0.05, 0) is 31.5 Å². The van der Waals surface area contributed by atoms with Crippen molar-refractivity contribution >= 4 is 21.8 Å². The fourth-order valence-corrected chi connectivity index (χ4v) is 2.34. The van der Waals surface area contributed by atoms with Crippen molar-refractivity contribution in [2.45, 2.75) is 18.7 Å². The highest BCUT2D eigenvalue weighted by Gasteiger charge is 2.16. The minimum absolute atomic E-state index is 0.197. The number of rotatable bonds is 5. The van der Waals surface area contributed by atoms with Crippen LogP contribution >= 0.6 is 0 Å². The molecule has 1 rings (SSSR count). The van der Waals surface area contributed by atoms with Crippen molar-refractivity contribution in [3.8, 4) is 0 Å². The maximum absolute atomic E-state index is 11.9. The summed E-state index contributed by atoms with van der Waals surface area (Å²) in [5.74, 6) is 0. The first-order chi connectivity index (χ1) is 9.78. The molecule has 1 aromatic rings. The number of hydrogen-bond donors (Lipinski definition) is 1. The second kappa shape index (κ2) is 7.19. The Morgan fingerprint density at radius 1 is 1.29 bits per heavy atom. The van der Waals surface area contributed by atoms with Gasteiger partial charge in [-0.3, -0.25) is 0 Å². The van der Waals surface area contributed by atoms with Crippen LogP contribution in [0.1, 0.15) is 19.4 Å². The number of hydrogen-bond acceptors (Lipinski definition) is 5. The Hall–Kier alpha value is -1.93. The van der Waals surface area contributed by atoms with Crippen molar-refractivity contribution in [3.63, 3.8) is 0 Å². The number of benzene rings is 1. The monoisotopic (exact) mass is 313 g/mol. The molecule has 0 atom stereocenters. The summed E-state index contributed by atoms with van der Waals surface area (Å²) in [7, 11) is -0.506. The molecule has 1 amide bonds. The zero-order valence-electron chi connectivity index (χ0n) is 12.5. The molecule has 0 radical (unpaired) electrons. The van der Waals surface area contributed by atoms with Gasteiger partial charge in [0.05, 0.1) is 17.2 Å². The van der Waals surface area contributed by atoms with Crippen molar-refractivity contribution in [1.82, 2.24) is 9.73 Å². The van der Waals surface area contributed by atoms with E-state index in [0.29, 0.717) is 11.3 Å². The molecule has 8 heteroatoms. The third-order valence-corrected chi connectivity index (χ3v) is 4.47. The van der Waals surface area contributed by atoms with Crippen LogP contribution in [0.2, 0.25) is 0 Å². The largest absolute Gasteiger partial charge is 0.449 e. The molecule has 0 aromatic heterocycles. The lowest BCUT2D eigenvalue weighted by atomic mass is 10.1. The van der Waals surface area contributed by atoms with Crippen LogP contribution in [0, 0.1) is 0 Å². The van der Waals surface area contributed by atoms with Gasteiger partial charge >= 0.3 is 6.09 Å². The average molecular weight is 313 g/mol. The predicted molar refractivity (Wildman–Crippen MR) is 79.7 cm³/mol. The molecule has 21 heavy (non-hydrogen) atoms. The van der Waals surface area contributed by atoms with Crippen LogP contribution in [0.25, 0.3) is 0 Å².